The number of hydrogen-bond donors (Lipinski definition) is 0. The monoisotopic (exact) mass is 646 g/mol. The summed E-state index contributed by atoms with van der Waals surface area (Å²) in [6, 6.07) is 5.96. The zero-order valence-electron chi connectivity index (χ0n) is 24.1. The predicted molar refractivity (Wildman–Crippen MR) is 167 cm³/mol. The van der Waals surface area contributed by atoms with Crippen LogP contribution < -0.4 is 4.74 Å². The fraction of sp³-hybridized carbons (Fsp3) is 0.812. The van der Waals surface area contributed by atoms with E-state index in [1.807, 2.05) is 18.2 Å². The molecule has 1 rings (SSSR count). The number of halogens is 2. The minimum atomic E-state index is -0.310. The lowest BCUT2D eigenvalue weighted by molar-refractivity contribution is -0.159. The highest BCUT2D eigenvalue weighted by Gasteiger charge is 2.11. The molecule has 0 atom stereocenters. The Balaban J connectivity index is 2.21. The molecular formula is C32H56Br2O3. The molecule has 0 aliphatic heterocycles. The molecule has 1 aromatic carbocycles. The molecule has 0 radical (unpaired) electrons. The Kier molecular flexibility index (Phi) is 24.7. The van der Waals surface area contributed by atoms with E-state index >= 15 is 0 Å². The third-order valence-electron chi connectivity index (χ3n) is 6.83. The van der Waals surface area contributed by atoms with Crippen LogP contribution in [0.4, 0.5) is 0 Å². The second kappa shape index (κ2) is 26.1. The molecule has 37 heavy (non-hydrogen) atoms. The predicted octanol–water partition coefficient (Wildman–Crippen LogP) is 11.8. The number of ether oxygens (including phenoxy) is 3. The van der Waals surface area contributed by atoms with Crippen molar-refractivity contribution in [1.29, 1.82) is 0 Å². The fourth-order valence-electron chi connectivity index (χ4n) is 4.53. The Labute approximate surface area is 246 Å². The van der Waals surface area contributed by atoms with E-state index in [1.165, 1.54) is 116 Å². The van der Waals surface area contributed by atoms with Crippen molar-refractivity contribution < 1.29 is 14.2 Å². The third kappa shape index (κ3) is 22.4. The van der Waals surface area contributed by atoms with Crippen LogP contribution in [-0.2, 0) is 9.47 Å². The maximum absolute atomic E-state index is 6.12. The van der Waals surface area contributed by atoms with Gasteiger partial charge < -0.3 is 14.2 Å². The minimum absolute atomic E-state index is 0.310. The van der Waals surface area contributed by atoms with Crippen LogP contribution in [0, 0.1) is 0 Å². The summed E-state index contributed by atoms with van der Waals surface area (Å²) in [5.41, 5.74) is 0. The van der Waals surface area contributed by atoms with Gasteiger partial charge in [-0.2, -0.15) is 0 Å². The summed E-state index contributed by atoms with van der Waals surface area (Å²) in [5, 5.41) is 0. The summed E-state index contributed by atoms with van der Waals surface area (Å²) < 4.78 is 20.2. The van der Waals surface area contributed by atoms with E-state index < -0.39 is 0 Å². The molecule has 5 heteroatoms. The van der Waals surface area contributed by atoms with Gasteiger partial charge in [0.15, 0.2) is 6.29 Å². The molecule has 0 N–H and O–H groups in total. The first-order valence-electron chi connectivity index (χ1n) is 15.5. The van der Waals surface area contributed by atoms with Crippen LogP contribution in [0.25, 0.3) is 0 Å². The van der Waals surface area contributed by atoms with Gasteiger partial charge in [0.25, 0.3) is 0 Å². The average molecular weight is 649 g/mol. The zero-order chi connectivity index (χ0) is 26.8. The summed E-state index contributed by atoms with van der Waals surface area (Å²) >= 11 is 7.06. The van der Waals surface area contributed by atoms with Gasteiger partial charge in [-0.05, 0) is 31.0 Å². The highest BCUT2D eigenvalue weighted by atomic mass is 79.9. The van der Waals surface area contributed by atoms with Crippen molar-refractivity contribution >= 4 is 31.9 Å². The summed E-state index contributed by atoms with van der Waals surface area (Å²) in [6.07, 6.45) is 26.3. The van der Waals surface area contributed by atoms with Crippen molar-refractivity contribution in [3.8, 4) is 5.75 Å². The van der Waals surface area contributed by atoms with Crippen LogP contribution in [0.5, 0.6) is 5.75 Å². The highest BCUT2D eigenvalue weighted by Crippen LogP contribution is 2.25. The van der Waals surface area contributed by atoms with Gasteiger partial charge >= 0.3 is 0 Å². The topological polar surface area (TPSA) is 27.7 Å². The molecule has 0 heterocycles. The van der Waals surface area contributed by atoms with E-state index in [2.05, 4.69) is 45.7 Å². The first-order valence-corrected chi connectivity index (χ1v) is 17.1. The molecule has 0 bridgehead atoms. The summed E-state index contributed by atoms with van der Waals surface area (Å²) in [4.78, 5) is 0. The molecule has 0 amide bonds. The maximum Gasteiger partial charge on any atom is 0.191 e. The molecule has 0 saturated heterocycles. The van der Waals surface area contributed by atoms with Crippen molar-refractivity contribution in [3.05, 3.63) is 27.1 Å². The number of rotatable bonds is 27. The average Bonchev–Trinajstić information content (AvgIpc) is 2.88. The first-order chi connectivity index (χ1) is 18.2. The van der Waals surface area contributed by atoms with Crippen molar-refractivity contribution in [1.82, 2.24) is 0 Å². The second-order valence-corrected chi connectivity index (χ2v) is 12.3. The zero-order valence-corrected chi connectivity index (χ0v) is 27.2. The Hall–Kier alpha value is -0.100. The molecule has 0 saturated carbocycles. The standard InChI is InChI=1S/C32H56Br2O3/c1-3-5-7-9-11-13-15-17-19-21-23-35-32(28-37-31-26-29(33)25-30(34)27-31)36-24-22-20-18-16-14-12-10-8-6-4-2/h25-27,32H,3-24,28H2,1-2H3. The number of unbranched alkanes of at least 4 members (excludes halogenated alkanes) is 18. The van der Waals surface area contributed by atoms with Crippen molar-refractivity contribution in [2.45, 2.75) is 149 Å². The molecule has 0 aliphatic rings. The number of benzene rings is 1. The maximum atomic E-state index is 6.12. The Morgan fingerprint density at radius 2 is 0.865 bits per heavy atom. The van der Waals surface area contributed by atoms with Crippen molar-refractivity contribution in [2.75, 3.05) is 19.8 Å². The van der Waals surface area contributed by atoms with Crippen molar-refractivity contribution in [3.63, 3.8) is 0 Å². The number of hydrogen-bond acceptors (Lipinski definition) is 3. The van der Waals surface area contributed by atoms with Crippen molar-refractivity contribution in [2.24, 2.45) is 0 Å². The van der Waals surface area contributed by atoms with Crippen LogP contribution in [0.1, 0.15) is 142 Å². The lowest BCUT2D eigenvalue weighted by Gasteiger charge is -2.19. The van der Waals surface area contributed by atoms with E-state index in [9.17, 15) is 0 Å². The van der Waals surface area contributed by atoms with Gasteiger partial charge in [0.1, 0.15) is 12.4 Å². The third-order valence-corrected chi connectivity index (χ3v) is 7.74. The fourth-order valence-corrected chi connectivity index (χ4v) is 5.78. The summed E-state index contributed by atoms with van der Waals surface area (Å²) in [7, 11) is 0. The minimum Gasteiger partial charge on any atom is -0.488 e. The van der Waals surface area contributed by atoms with Crippen LogP contribution >= 0.6 is 31.9 Å². The van der Waals surface area contributed by atoms with Crippen LogP contribution in [0.3, 0.4) is 0 Å². The molecule has 1 aromatic rings. The SMILES string of the molecule is CCCCCCCCCCCCOC(COc1cc(Br)cc(Br)c1)OCCCCCCCCCCCC. The van der Waals surface area contributed by atoms with Gasteiger partial charge in [-0.3, -0.25) is 0 Å². The normalized spacial score (nSPS) is 11.5. The first kappa shape index (κ1) is 34.9. The Morgan fingerprint density at radius 1 is 0.514 bits per heavy atom. The van der Waals surface area contributed by atoms with Crippen LogP contribution in [-0.4, -0.2) is 26.1 Å². The summed E-state index contributed by atoms with van der Waals surface area (Å²) in [6.45, 7) is 6.46. The lowest BCUT2D eigenvalue weighted by Crippen LogP contribution is -2.26. The Morgan fingerprint density at radius 3 is 1.24 bits per heavy atom. The molecule has 0 spiro atoms. The van der Waals surface area contributed by atoms with E-state index in [4.69, 9.17) is 14.2 Å². The largest absolute Gasteiger partial charge is 0.488 e. The van der Waals surface area contributed by atoms with Gasteiger partial charge in [0, 0.05) is 22.2 Å². The quantitative estimate of drug-likeness (QED) is 0.0702. The van der Waals surface area contributed by atoms with E-state index in [0.29, 0.717) is 6.61 Å². The van der Waals surface area contributed by atoms with E-state index in [0.717, 1.165) is 40.8 Å². The van der Waals surface area contributed by atoms with E-state index in [-0.39, 0.29) is 6.29 Å². The van der Waals surface area contributed by atoms with Crippen LogP contribution in [0.15, 0.2) is 27.1 Å². The highest BCUT2D eigenvalue weighted by molar-refractivity contribution is 9.11. The molecule has 0 aliphatic carbocycles. The Bertz CT molecular complexity index is 580. The smallest absolute Gasteiger partial charge is 0.191 e. The lowest BCUT2D eigenvalue weighted by atomic mass is 10.1. The van der Waals surface area contributed by atoms with Gasteiger partial charge in [-0.1, -0.05) is 161 Å². The molecule has 216 valence electrons. The van der Waals surface area contributed by atoms with Gasteiger partial charge in [0.05, 0.1) is 0 Å². The van der Waals surface area contributed by atoms with Crippen LogP contribution in [0.2, 0.25) is 0 Å². The van der Waals surface area contributed by atoms with Gasteiger partial charge in [0.2, 0.25) is 0 Å². The van der Waals surface area contributed by atoms with E-state index in [1.54, 1.807) is 0 Å². The molecule has 3 nitrogen and oxygen atoms in total. The molecular weight excluding hydrogens is 592 g/mol. The second-order valence-electron chi connectivity index (χ2n) is 10.5. The summed E-state index contributed by atoms with van der Waals surface area (Å²) in [5.74, 6) is 0.816. The molecule has 0 unspecified atom stereocenters. The van der Waals surface area contributed by atoms with Gasteiger partial charge in [-0.25, -0.2) is 0 Å². The van der Waals surface area contributed by atoms with Gasteiger partial charge in [-0.15, -0.1) is 0 Å². The molecule has 0 aromatic heterocycles. The molecule has 0 fully saturated rings.